The van der Waals surface area contributed by atoms with Crippen molar-refractivity contribution in [2.24, 2.45) is 0 Å². The smallest absolute Gasteiger partial charge is 0.438 e. The van der Waals surface area contributed by atoms with E-state index < -0.39 is 6.16 Å². The average molecular weight is 254 g/mol. The van der Waals surface area contributed by atoms with E-state index in [4.69, 9.17) is 4.74 Å². The first kappa shape index (κ1) is 11.8. The Bertz CT molecular complexity index is 573. The molecule has 0 bridgehead atoms. The number of hydrogen-bond acceptors (Lipinski definition) is 3. The number of fused-ring (bicyclic) bond motifs is 3. The van der Waals surface area contributed by atoms with Gasteiger partial charge in [0.1, 0.15) is 6.61 Å². The molecule has 0 saturated carbocycles. The van der Waals surface area contributed by atoms with Crippen molar-refractivity contribution < 1.29 is 14.3 Å². The van der Waals surface area contributed by atoms with Crippen LogP contribution in [0.3, 0.4) is 0 Å². The zero-order valence-electron chi connectivity index (χ0n) is 10.6. The van der Waals surface area contributed by atoms with Crippen molar-refractivity contribution in [1.29, 1.82) is 0 Å². The maximum Gasteiger partial charge on any atom is 0.508 e. The molecule has 0 amide bonds. The largest absolute Gasteiger partial charge is 0.508 e. The van der Waals surface area contributed by atoms with Crippen molar-refractivity contribution in [3.8, 4) is 11.1 Å². The molecule has 0 aliphatic heterocycles. The van der Waals surface area contributed by atoms with Crippen LogP contribution in [0, 0.1) is 0 Å². The molecule has 0 atom stereocenters. The third-order valence-corrected chi connectivity index (χ3v) is 3.50. The zero-order chi connectivity index (χ0) is 13.2. The van der Waals surface area contributed by atoms with E-state index in [2.05, 4.69) is 29.0 Å². The normalized spacial score (nSPS) is 12.7. The molecule has 2 aromatic carbocycles. The highest BCUT2D eigenvalue weighted by atomic mass is 16.7. The van der Waals surface area contributed by atoms with Gasteiger partial charge in [0.15, 0.2) is 0 Å². The minimum Gasteiger partial charge on any atom is -0.438 e. The van der Waals surface area contributed by atoms with E-state index in [9.17, 15) is 4.79 Å². The summed E-state index contributed by atoms with van der Waals surface area (Å²) in [6.07, 6.45) is -0.637. The Balaban J connectivity index is 1.98. The first-order valence-electron chi connectivity index (χ1n) is 6.20. The van der Waals surface area contributed by atoms with Crippen LogP contribution in [0.15, 0.2) is 48.5 Å². The molecule has 1 aliphatic carbocycles. The van der Waals surface area contributed by atoms with Crippen LogP contribution < -0.4 is 0 Å². The van der Waals surface area contributed by atoms with Crippen molar-refractivity contribution in [3.63, 3.8) is 0 Å². The fourth-order valence-corrected chi connectivity index (χ4v) is 2.65. The third kappa shape index (κ3) is 1.97. The number of rotatable bonds is 2. The molecule has 96 valence electrons. The van der Waals surface area contributed by atoms with Crippen LogP contribution in [0.5, 0.6) is 0 Å². The molecule has 0 fully saturated rings. The summed E-state index contributed by atoms with van der Waals surface area (Å²) in [6, 6.07) is 16.4. The summed E-state index contributed by atoms with van der Waals surface area (Å²) in [5.41, 5.74) is 4.84. The van der Waals surface area contributed by atoms with Gasteiger partial charge in [-0.3, -0.25) is 0 Å². The second kappa shape index (κ2) is 4.76. The highest BCUT2D eigenvalue weighted by Crippen LogP contribution is 2.44. The molecule has 0 saturated heterocycles. The average Bonchev–Trinajstić information content (AvgIpc) is 2.79. The number of hydrogen-bond donors (Lipinski definition) is 0. The molecule has 2 aromatic rings. The molecular formula is C16H14O3. The molecule has 3 nitrogen and oxygen atoms in total. The molecule has 0 N–H and O–H groups in total. The highest BCUT2D eigenvalue weighted by Gasteiger charge is 2.28. The van der Waals surface area contributed by atoms with Gasteiger partial charge in [-0.1, -0.05) is 48.5 Å². The number of benzene rings is 2. The van der Waals surface area contributed by atoms with Crippen LogP contribution in [-0.2, 0) is 9.47 Å². The molecule has 3 heteroatoms. The maximum absolute atomic E-state index is 11.1. The standard InChI is InChI=1S/C16H14O3/c1-18-16(17)19-10-15-13-8-4-2-6-11(13)12-7-3-5-9-14(12)15/h2-9,15H,10H2,1H3. The molecule has 0 unspecified atom stereocenters. The predicted octanol–water partition coefficient (Wildman–Crippen LogP) is 3.58. The Morgan fingerprint density at radius 2 is 1.53 bits per heavy atom. The van der Waals surface area contributed by atoms with Crippen LogP contribution in [-0.4, -0.2) is 19.9 Å². The van der Waals surface area contributed by atoms with E-state index in [0.717, 1.165) is 0 Å². The molecular weight excluding hydrogens is 240 g/mol. The van der Waals surface area contributed by atoms with Crippen LogP contribution in [0.2, 0.25) is 0 Å². The minimum atomic E-state index is -0.637. The SMILES string of the molecule is COC(=O)OCC1c2ccccc2-c2ccccc21. The lowest BCUT2D eigenvalue weighted by Gasteiger charge is -2.13. The van der Waals surface area contributed by atoms with Crippen molar-refractivity contribution >= 4 is 6.16 Å². The first-order chi connectivity index (χ1) is 9.31. The van der Waals surface area contributed by atoms with E-state index >= 15 is 0 Å². The second-order valence-corrected chi connectivity index (χ2v) is 4.49. The summed E-state index contributed by atoms with van der Waals surface area (Å²) in [7, 11) is 1.32. The summed E-state index contributed by atoms with van der Waals surface area (Å²) < 4.78 is 9.65. The van der Waals surface area contributed by atoms with E-state index in [1.165, 1.54) is 29.4 Å². The number of carbonyl (C=O) groups is 1. The minimum absolute atomic E-state index is 0.0894. The van der Waals surface area contributed by atoms with Gasteiger partial charge in [-0.05, 0) is 22.3 Å². The van der Waals surface area contributed by atoms with Crippen LogP contribution in [0.1, 0.15) is 17.0 Å². The van der Waals surface area contributed by atoms with Crippen molar-refractivity contribution in [3.05, 3.63) is 59.7 Å². The predicted molar refractivity (Wildman–Crippen MR) is 72.1 cm³/mol. The van der Waals surface area contributed by atoms with Crippen molar-refractivity contribution in [1.82, 2.24) is 0 Å². The maximum atomic E-state index is 11.1. The van der Waals surface area contributed by atoms with Gasteiger partial charge in [-0.15, -0.1) is 0 Å². The monoisotopic (exact) mass is 254 g/mol. The molecule has 0 heterocycles. The van der Waals surface area contributed by atoms with E-state index in [1.54, 1.807) is 0 Å². The summed E-state index contributed by atoms with van der Waals surface area (Å²) in [4.78, 5) is 11.1. The molecule has 19 heavy (non-hydrogen) atoms. The lowest BCUT2D eigenvalue weighted by Crippen LogP contribution is -2.12. The fraction of sp³-hybridized carbons (Fsp3) is 0.188. The topological polar surface area (TPSA) is 35.5 Å². The Morgan fingerprint density at radius 1 is 1.00 bits per heavy atom. The summed E-state index contributed by atoms with van der Waals surface area (Å²) >= 11 is 0. The van der Waals surface area contributed by atoms with Gasteiger partial charge >= 0.3 is 6.16 Å². The van der Waals surface area contributed by atoms with Gasteiger partial charge in [-0.25, -0.2) is 4.79 Å². The van der Waals surface area contributed by atoms with Gasteiger partial charge in [0, 0.05) is 5.92 Å². The van der Waals surface area contributed by atoms with Crippen LogP contribution >= 0.6 is 0 Å². The number of methoxy groups -OCH3 is 1. The van der Waals surface area contributed by atoms with Gasteiger partial charge in [0.05, 0.1) is 7.11 Å². The van der Waals surface area contributed by atoms with E-state index in [0.29, 0.717) is 6.61 Å². The molecule has 0 aromatic heterocycles. The number of ether oxygens (including phenoxy) is 2. The lowest BCUT2D eigenvalue weighted by atomic mass is 9.98. The first-order valence-corrected chi connectivity index (χ1v) is 6.20. The lowest BCUT2D eigenvalue weighted by molar-refractivity contribution is 0.0705. The molecule has 0 radical (unpaired) electrons. The van der Waals surface area contributed by atoms with Gasteiger partial charge in [0.25, 0.3) is 0 Å². The highest BCUT2D eigenvalue weighted by molar-refractivity contribution is 5.78. The molecule has 0 spiro atoms. The number of carbonyl (C=O) groups excluding carboxylic acids is 1. The van der Waals surface area contributed by atoms with Crippen molar-refractivity contribution in [2.75, 3.05) is 13.7 Å². The molecule has 1 aliphatic rings. The Morgan fingerprint density at radius 3 is 2.05 bits per heavy atom. The second-order valence-electron chi connectivity index (χ2n) is 4.49. The summed E-state index contributed by atoms with van der Waals surface area (Å²) in [5, 5.41) is 0. The van der Waals surface area contributed by atoms with Gasteiger partial charge in [-0.2, -0.15) is 0 Å². The van der Waals surface area contributed by atoms with Gasteiger partial charge < -0.3 is 9.47 Å². The van der Waals surface area contributed by atoms with E-state index in [1.807, 2.05) is 24.3 Å². The fourth-order valence-electron chi connectivity index (χ4n) is 2.65. The Kier molecular flexibility index (Phi) is 2.95. The summed E-state index contributed by atoms with van der Waals surface area (Å²) in [6.45, 7) is 0.306. The van der Waals surface area contributed by atoms with Crippen molar-refractivity contribution in [2.45, 2.75) is 5.92 Å². The zero-order valence-corrected chi connectivity index (χ0v) is 10.6. The molecule has 3 rings (SSSR count). The summed E-state index contributed by atoms with van der Waals surface area (Å²) in [5.74, 6) is 0.0894. The van der Waals surface area contributed by atoms with Gasteiger partial charge in [0.2, 0.25) is 0 Å². The Labute approximate surface area is 111 Å². The van der Waals surface area contributed by atoms with E-state index in [-0.39, 0.29) is 5.92 Å². The van der Waals surface area contributed by atoms with Crippen LogP contribution in [0.25, 0.3) is 11.1 Å². The third-order valence-electron chi connectivity index (χ3n) is 3.50. The Hall–Kier alpha value is -2.29. The quantitative estimate of drug-likeness (QED) is 0.768. The van der Waals surface area contributed by atoms with Crippen LogP contribution in [0.4, 0.5) is 4.79 Å².